The first-order valence-electron chi connectivity index (χ1n) is 7.63. The second-order valence-electron chi connectivity index (χ2n) is 5.73. The number of sulfonamides is 1. The molecule has 0 radical (unpaired) electrons. The monoisotopic (exact) mass is 397 g/mol. The highest BCUT2D eigenvalue weighted by Gasteiger charge is 2.35. The van der Waals surface area contributed by atoms with Gasteiger partial charge in [0.15, 0.2) is 5.69 Å². The van der Waals surface area contributed by atoms with Gasteiger partial charge in [0.05, 0.1) is 10.6 Å². The molecule has 10 heteroatoms. The van der Waals surface area contributed by atoms with Crippen LogP contribution in [0.3, 0.4) is 0 Å². The van der Waals surface area contributed by atoms with Crippen LogP contribution in [-0.2, 0) is 16.2 Å². The van der Waals surface area contributed by atoms with Crippen molar-refractivity contribution >= 4 is 10.0 Å². The zero-order valence-electron chi connectivity index (χ0n) is 13.9. The molecule has 1 aromatic heterocycles. The van der Waals surface area contributed by atoms with Gasteiger partial charge in [0.25, 0.3) is 10.0 Å². The Balaban J connectivity index is 2.11. The number of alkyl halides is 3. The minimum absolute atomic E-state index is 0.0364. The molecular weight excluding hydrogens is 383 g/mol. The number of aryl methyl sites for hydroxylation is 1. The molecule has 0 amide bonds. The molecule has 0 saturated carbocycles. The summed E-state index contributed by atoms with van der Waals surface area (Å²) >= 11 is 0. The van der Waals surface area contributed by atoms with Crippen LogP contribution in [0.4, 0.5) is 13.2 Å². The van der Waals surface area contributed by atoms with Crippen molar-refractivity contribution in [2.24, 2.45) is 0 Å². The van der Waals surface area contributed by atoms with Gasteiger partial charge in [0.2, 0.25) is 0 Å². The number of halogens is 3. The fourth-order valence-corrected chi connectivity index (χ4v) is 3.36. The van der Waals surface area contributed by atoms with E-state index in [0.29, 0.717) is 10.4 Å². The molecule has 0 bridgehead atoms. The molecule has 1 heterocycles. The summed E-state index contributed by atoms with van der Waals surface area (Å²) in [7, 11) is -4.16. The van der Waals surface area contributed by atoms with Gasteiger partial charge in [-0.15, -0.1) is 5.10 Å². The van der Waals surface area contributed by atoms with Gasteiger partial charge in [-0.3, -0.25) is 0 Å². The largest absolute Gasteiger partial charge is 0.508 e. The Bertz CT molecular complexity index is 1080. The van der Waals surface area contributed by atoms with Crippen molar-refractivity contribution in [3.8, 4) is 17.0 Å². The highest BCUT2D eigenvalue weighted by Crippen LogP contribution is 2.33. The molecule has 2 N–H and O–H groups in total. The molecule has 0 spiro atoms. The summed E-state index contributed by atoms with van der Waals surface area (Å²) < 4.78 is 64.3. The summed E-state index contributed by atoms with van der Waals surface area (Å²) in [5.41, 5.74) is -0.701. The molecule has 27 heavy (non-hydrogen) atoms. The van der Waals surface area contributed by atoms with E-state index in [9.17, 15) is 26.7 Å². The second-order valence-corrected chi connectivity index (χ2v) is 7.39. The van der Waals surface area contributed by atoms with Crippen molar-refractivity contribution in [3.63, 3.8) is 0 Å². The van der Waals surface area contributed by atoms with E-state index in [2.05, 4.69) is 5.10 Å². The van der Waals surface area contributed by atoms with Crippen LogP contribution in [0, 0.1) is 6.92 Å². The Morgan fingerprint density at radius 3 is 2.33 bits per heavy atom. The van der Waals surface area contributed by atoms with Crippen molar-refractivity contribution < 1.29 is 26.7 Å². The fraction of sp³-hybridized carbons (Fsp3) is 0.118. The van der Waals surface area contributed by atoms with Gasteiger partial charge in [0, 0.05) is 5.56 Å². The van der Waals surface area contributed by atoms with Crippen LogP contribution in [0.25, 0.3) is 11.3 Å². The Morgan fingerprint density at radius 2 is 1.74 bits per heavy atom. The maximum absolute atomic E-state index is 13.1. The minimum Gasteiger partial charge on any atom is -0.508 e. The lowest BCUT2D eigenvalue weighted by Crippen LogP contribution is -2.25. The molecule has 3 aromatic rings. The van der Waals surface area contributed by atoms with Crippen LogP contribution < -0.4 is 4.83 Å². The molecule has 0 aliphatic heterocycles. The molecule has 0 fully saturated rings. The van der Waals surface area contributed by atoms with Crippen molar-refractivity contribution in [1.82, 2.24) is 9.89 Å². The molecule has 0 aliphatic carbocycles. The van der Waals surface area contributed by atoms with E-state index in [1.807, 2.05) is 4.83 Å². The average Bonchev–Trinajstić information content (AvgIpc) is 3.01. The maximum atomic E-state index is 13.1. The van der Waals surface area contributed by atoms with E-state index in [1.54, 1.807) is 13.0 Å². The Labute approximate surface area is 152 Å². The smallest absolute Gasteiger partial charge is 0.435 e. The number of hydrogen-bond donors (Lipinski definition) is 2. The first-order valence-corrected chi connectivity index (χ1v) is 9.11. The first kappa shape index (κ1) is 18.8. The van der Waals surface area contributed by atoms with Gasteiger partial charge in [-0.2, -0.15) is 31.2 Å². The van der Waals surface area contributed by atoms with E-state index in [-0.39, 0.29) is 21.9 Å². The normalized spacial score (nSPS) is 12.1. The zero-order chi connectivity index (χ0) is 19.8. The van der Waals surface area contributed by atoms with Gasteiger partial charge in [-0.1, -0.05) is 18.2 Å². The fourth-order valence-electron chi connectivity index (χ4n) is 2.38. The minimum atomic E-state index is -4.76. The summed E-state index contributed by atoms with van der Waals surface area (Å²) in [5.74, 6) is -0.0364. The van der Waals surface area contributed by atoms with Gasteiger partial charge in [0.1, 0.15) is 5.75 Å². The molecule has 2 aromatic carbocycles. The number of nitrogens with zero attached hydrogens (tertiary/aromatic N) is 2. The number of phenols is 1. The van der Waals surface area contributed by atoms with Crippen LogP contribution in [0.2, 0.25) is 0 Å². The summed E-state index contributed by atoms with van der Waals surface area (Å²) in [6, 6.07) is 12.0. The van der Waals surface area contributed by atoms with E-state index in [0.717, 1.165) is 6.07 Å². The molecule has 142 valence electrons. The Morgan fingerprint density at radius 1 is 1.07 bits per heavy atom. The predicted molar refractivity (Wildman–Crippen MR) is 92.1 cm³/mol. The SMILES string of the molecule is Cc1cc(-c2cc(C(F)(F)F)nn2NS(=O)(=O)c2ccccc2)ccc1O. The number of aromatic nitrogens is 2. The van der Waals surface area contributed by atoms with Crippen LogP contribution in [0.15, 0.2) is 59.5 Å². The summed E-state index contributed by atoms with van der Waals surface area (Å²) in [6.45, 7) is 1.57. The summed E-state index contributed by atoms with van der Waals surface area (Å²) in [5, 5.41) is 13.0. The number of phenolic OH excluding ortho intramolecular Hbond substituents is 1. The average molecular weight is 397 g/mol. The van der Waals surface area contributed by atoms with Crippen LogP contribution in [-0.4, -0.2) is 23.4 Å². The lowest BCUT2D eigenvalue weighted by molar-refractivity contribution is -0.141. The van der Waals surface area contributed by atoms with E-state index < -0.39 is 21.9 Å². The molecule has 3 rings (SSSR count). The number of hydrogen-bond acceptors (Lipinski definition) is 4. The van der Waals surface area contributed by atoms with Crippen LogP contribution in [0.5, 0.6) is 5.75 Å². The first-order chi connectivity index (χ1) is 12.6. The summed E-state index contributed by atoms with van der Waals surface area (Å²) in [6.07, 6.45) is -4.76. The van der Waals surface area contributed by atoms with Gasteiger partial charge < -0.3 is 5.11 Å². The third-order valence-electron chi connectivity index (χ3n) is 3.75. The molecule has 0 unspecified atom stereocenters. The van der Waals surface area contributed by atoms with Crippen molar-refractivity contribution in [2.45, 2.75) is 18.0 Å². The molecule has 6 nitrogen and oxygen atoms in total. The number of rotatable bonds is 4. The predicted octanol–water partition coefficient (Wildman–Crippen LogP) is 3.52. The molecular formula is C17H14F3N3O3S. The molecule has 0 aliphatic rings. The topological polar surface area (TPSA) is 84.2 Å². The quantitative estimate of drug-likeness (QED) is 0.706. The molecule has 0 saturated heterocycles. The van der Waals surface area contributed by atoms with Crippen molar-refractivity contribution in [3.05, 3.63) is 65.9 Å². The zero-order valence-corrected chi connectivity index (χ0v) is 14.7. The molecule has 0 atom stereocenters. The van der Waals surface area contributed by atoms with Gasteiger partial charge in [-0.25, -0.2) is 0 Å². The lowest BCUT2D eigenvalue weighted by Gasteiger charge is -2.12. The third-order valence-corrected chi connectivity index (χ3v) is 5.06. The highest BCUT2D eigenvalue weighted by molar-refractivity contribution is 7.92. The van der Waals surface area contributed by atoms with Crippen LogP contribution in [0.1, 0.15) is 11.3 Å². The second kappa shape index (κ2) is 6.62. The third kappa shape index (κ3) is 3.90. The van der Waals surface area contributed by atoms with E-state index in [4.69, 9.17) is 0 Å². The van der Waals surface area contributed by atoms with Crippen molar-refractivity contribution in [2.75, 3.05) is 4.83 Å². The van der Waals surface area contributed by atoms with E-state index in [1.165, 1.54) is 42.5 Å². The van der Waals surface area contributed by atoms with Gasteiger partial charge >= 0.3 is 6.18 Å². The van der Waals surface area contributed by atoms with E-state index >= 15 is 0 Å². The Hall–Kier alpha value is -3.01. The highest BCUT2D eigenvalue weighted by atomic mass is 32.2. The lowest BCUT2D eigenvalue weighted by atomic mass is 10.1. The van der Waals surface area contributed by atoms with Crippen LogP contribution >= 0.6 is 0 Å². The Kier molecular flexibility index (Phi) is 4.60. The van der Waals surface area contributed by atoms with Gasteiger partial charge in [-0.05, 0) is 48.9 Å². The maximum Gasteiger partial charge on any atom is 0.435 e. The summed E-state index contributed by atoms with van der Waals surface area (Å²) in [4.78, 5) is 2.49. The number of aromatic hydroxyl groups is 1. The standard InChI is InChI=1S/C17H14F3N3O3S/c1-11-9-12(7-8-15(11)24)14-10-16(17(18,19)20)21-23(14)22-27(25,26)13-5-3-2-4-6-13/h2-10,22,24H,1H3. The number of nitrogens with one attached hydrogen (secondary N) is 1. The van der Waals surface area contributed by atoms with Crippen molar-refractivity contribution in [1.29, 1.82) is 0 Å². The number of benzene rings is 2.